The average molecular weight is 293 g/mol. The Bertz CT molecular complexity index is 633. The van der Waals surface area contributed by atoms with Gasteiger partial charge in [-0.25, -0.2) is 20.8 Å². The van der Waals surface area contributed by atoms with E-state index < -0.39 is 0 Å². The van der Waals surface area contributed by atoms with Gasteiger partial charge in [-0.3, -0.25) is 4.79 Å². The number of rotatable bonds is 4. The number of pyridine rings is 1. The van der Waals surface area contributed by atoms with Crippen molar-refractivity contribution in [2.45, 2.75) is 13.5 Å². The third-order valence-corrected chi connectivity index (χ3v) is 2.66. The van der Waals surface area contributed by atoms with Gasteiger partial charge in [-0.05, 0) is 25.1 Å². The lowest BCUT2D eigenvalue weighted by Gasteiger charge is -2.07. The summed E-state index contributed by atoms with van der Waals surface area (Å²) in [7, 11) is 0. The summed E-state index contributed by atoms with van der Waals surface area (Å²) in [5.74, 6) is 5.93. The number of aryl methyl sites for hydroxylation is 1. The van der Waals surface area contributed by atoms with Gasteiger partial charge in [-0.2, -0.15) is 0 Å². The second-order valence-corrected chi connectivity index (χ2v) is 4.37. The van der Waals surface area contributed by atoms with Crippen LogP contribution in [0.25, 0.3) is 0 Å². The van der Waals surface area contributed by atoms with Crippen molar-refractivity contribution in [3.63, 3.8) is 0 Å². The fourth-order valence-corrected chi connectivity index (χ4v) is 1.79. The minimum absolute atomic E-state index is 0.184. The molecule has 0 aliphatic carbocycles. The molecule has 2 heterocycles. The predicted molar refractivity (Wildman–Crippen MR) is 75.0 cm³/mol. The normalized spacial score (nSPS) is 10.2. The predicted octanol–water partition coefficient (Wildman–Crippen LogP) is 1.05. The van der Waals surface area contributed by atoms with Gasteiger partial charge in [0.1, 0.15) is 16.8 Å². The second kappa shape index (κ2) is 6.27. The van der Waals surface area contributed by atoms with E-state index in [9.17, 15) is 4.79 Å². The van der Waals surface area contributed by atoms with E-state index in [1.807, 2.05) is 0 Å². The zero-order chi connectivity index (χ0) is 14.5. The van der Waals surface area contributed by atoms with Gasteiger partial charge in [-0.15, -0.1) is 0 Å². The Labute approximate surface area is 120 Å². The second-order valence-electron chi connectivity index (χ2n) is 3.99. The molecular weight excluding hydrogens is 280 g/mol. The van der Waals surface area contributed by atoms with E-state index in [0.29, 0.717) is 23.8 Å². The zero-order valence-electron chi connectivity index (χ0n) is 10.7. The molecule has 2 aromatic rings. The van der Waals surface area contributed by atoms with Crippen molar-refractivity contribution >= 4 is 23.3 Å². The van der Waals surface area contributed by atoms with Gasteiger partial charge >= 0.3 is 0 Å². The van der Waals surface area contributed by atoms with Gasteiger partial charge in [0, 0.05) is 11.8 Å². The number of halogens is 1. The van der Waals surface area contributed by atoms with Crippen LogP contribution in [0.4, 0.5) is 5.82 Å². The lowest BCUT2D eigenvalue weighted by molar-refractivity contribution is 0.0950. The monoisotopic (exact) mass is 292 g/mol. The first-order valence-electron chi connectivity index (χ1n) is 5.79. The Morgan fingerprint density at radius 2 is 2.20 bits per heavy atom. The van der Waals surface area contributed by atoms with Gasteiger partial charge in [0.25, 0.3) is 5.91 Å². The zero-order valence-corrected chi connectivity index (χ0v) is 11.5. The van der Waals surface area contributed by atoms with E-state index in [4.69, 9.17) is 17.4 Å². The van der Waals surface area contributed by atoms with E-state index >= 15 is 0 Å². The van der Waals surface area contributed by atoms with E-state index in [1.54, 1.807) is 19.2 Å². The molecule has 0 fully saturated rings. The van der Waals surface area contributed by atoms with Crippen molar-refractivity contribution in [3.05, 3.63) is 46.6 Å². The minimum Gasteiger partial charge on any atom is -0.346 e. The van der Waals surface area contributed by atoms with Crippen molar-refractivity contribution in [2.75, 3.05) is 5.43 Å². The van der Waals surface area contributed by atoms with Gasteiger partial charge in [0.15, 0.2) is 0 Å². The van der Waals surface area contributed by atoms with Crippen LogP contribution in [0.2, 0.25) is 5.15 Å². The van der Waals surface area contributed by atoms with E-state index in [0.717, 1.165) is 5.69 Å². The molecule has 0 saturated carbocycles. The molecule has 104 valence electrons. The summed E-state index contributed by atoms with van der Waals surface area (Å²) in [6, 6.07) is 4.70. The standard InChI is InChI=1S/C12H13ClN6O/c1-7-15-3-2-9(17-7)6-16-12(20)8-4-10(13)18-11(5-8)19-14/h2-5H,6,14H2,1H3,(H,16,20)(H,18,19). The summed E-state index contributed by atoms with van der Waals surface area (Å²) in [6.45, 7) is 2.08. The number of hydrogen-bond donors (Lipinski definition) is 3. The van der Waals surface area contributed by atoms with Crippen molar-refractivity contribution in [1.82, 2.24) is 20.3 Å². The van der Waals surface area contributed by atoms with Crippen LogP contribution in [0, 0.1) is 6.92 Å². The number of carbonyl (C=O) groups is 1. The summed E-state index contributed by atoms with van der Waals surface area (Å²) in [5, 5.41) is 2.92. The van der Waals surface area contributed by atoms with Crippen LogP contribution >= 0.6 is 11.6 Å². The number of carbonyl (C=O) groups excluding carboxylic acids is 1. The van der Waals surface area contributed by atoms with Crippen LogP contribution in [0.3, 0.4) is 0 Å². The number of amides is 1. The fraction of sp³-hybridized carbons (Fsp3) is 0.167. The van der Waals surface area contributed by atoms with Crippen molar-refractivity contribution in [1.29, 1.82) is 0 Å². The highest BCUT2D eigenvalue weighted by molar-refractivity contribution is 6.29. The quantitative estimate of drug-likeness (QED) is 0.442. The van der Waals surface area contributed by atoms with Crippen molar-refractivity contribution in [3.8, 4) is 0 Å². The largest absolute Gasteiger partial charge is 0.346 e. The molecule has 0 atom stereocenters. The number of nitrogens with two attached hydrogens (primary N) is 1. The molecule has 4 N–H and O–H groups in total. The smallest absolute Gasteiger partial charge is 0.251 e. The topological polar surface area (TPSA) is 106 Å². The van der Waals surface area contributed by atoms with Crippen LogP contribution in [0.5, 0.6) is 0 Å². The first-order chi connectivity index (χ1) is 9.58. The Hall–Kier alpha value is -2.25. The number of aromatic nitrogens is 3. The molecule has 0 aliphatic heterocycles. The van der Waals surface area contributed by atoms with Crippen LogP contribution in [0.15, 0.2) is 24.4 Å². The SMILES string of the molecule is Cc1nccc(CNC(=O)c2cc(Cl)nc(NN)c2)n1. The summed E-state index contributed by atoms with van der Waals surface area (Å²) in [6.07, 6.45) is 1.64. The molecule has 20 heavy (non-hydrogen) atoms. The number of nitrogens with one attached hydrogen (secondary N) is 2. The Morgan fingerprint density at radius 3 is 2.90 bits per heavy atom. The van der Waals surface area contributed by atoms with Crippen molar-refractivity contribution in [2.24, 2.45) is 5.84 Å². The number of anilines is 1. The van der Waals surface area contributed by atoms with E-state index in [2.05, 4.69) is 25.7 Å². The highest BCUT2D eigenvalue weighted by Gasteiger charge is 2.09. The maximum absolute atomic E-state index is 12.0. The third kappa shape index (κ3) is 3.62. The van der Waals surface area contributed by atoms with E-state index in [-0.39, 0.29) is 11.1 Å². The number of hydrazine groups is 1. The molecule has 2 aromatic heterocycles. The molecule has 2 rings (SSSR count). The summed E-state index contributed by atoms with van der Waals surface area (Å²) >= 11 is 5.80. The molecule has 0 aliphatic rings. The number of nitrogen functional groups attached to an aromatic ring is 1. The Balaban J connectivity index is 2.07. The summed E-state index contributed by atoms with van der Waals surface area (Å²) in [5.41, 5.74) is 3.44. The van der Waals surface area contributed by atoms with Crippen LogP contribution in [-0.2, 0) is 6.54 Å². The third-order valence-electron chi connectivity index (χ3n) is 2.47. The Kier molecular flexibility index (Phi) is 4.44. The highest BCUT2D eigenvalue weighted by Crippen LogP contribution is 2.13. The summed E-state index contributed by atoms with van der Waals surface area (Å²) < 4.78 is 0. The average Bonchev–Trinajstić information content (AvgIpc) is 2.44. The molecule has 7 nitrogen and oxygen atoms in total. The minimum atomic E-state index is -0.290. The molecule has 8 heteroatoms. The molecule has 0 saturated heterocycles. The maximum atomic E-state index is 12.0. The van der Waals surface area contributed by atoms with Crippen LogP contribution < -0.4 is 16.6 Å². The molecule has 0 bridgehead atoms. The summed E-state index contributed by atoms with van der Waals surface area (Å²) in [4.78, 5) is 24.1. The van der Waals surface area contributed by atoms with Crippen LogP contribution in [-0.4, -0.2) is 20.9 Å². The molecule has 0 spiro atoms. The molecule has 0 aromatic carbocycles. The van der Waals surface area contributed by atoms with Gasteiger partial charge in [-0.1, -0.05) is 11.6 Å². The van der Waals surface area contributed by atoms with E-state index in [1.165, 1.54) is 12.1 Å². The number of nitrogens with zero attached hydrogens (tertiary/aromatic N) is 3. The number of hydrogen-bond acceptors (Lipinski definition) is 6. The Morgan fingerprint density at radius 1 is 1.40 bits per heavy atom. The molecule has 1 amide bonds. The fourth-order valence-electron chi connectivity index (χ4n) is 1.58. The van der Waals surface area contributed by atoms with Gasteiger partial charge in [0.05, 0.1) is 12.2 Å². The molecule has 0 unspecified atom stereocenters. The van der Waals surface area contributed by atoms with Gasteiger partial charge < -0.3 is 10.7 Å². The van der Waals surface area contributed by atoms with Crippen LogP contribution in [0.1, 0.15) is 21.9 Å². The highest BCUT2D eigenvalue weighted by atomic mass is 35.5. The van der Waals surface area contributed by atoms with Crippen molar-refractivity contribution < 1.29 is 4.79 Å². The lowest BCUT2D eigenvalue weighted by atomic mass is 10.2. The van der Waals surface area contributed by atoms with Gasteiger partial charge in [0.2, 0.25) is 0 Å². The molecular formula is C12H13ClN6O. The first kappa shape index (κ1) is 14.2. The lowest BCUT2D eigenvalue weighted by Crippen LogP contribution is -2.24. The maximum Gasteiger partial charge on any atom is 0.251 e. The molecule has 0 radical (unpaired) electrons. The first-order valence-corrected chi connectivity index (χ1v) is 6.17.